The van der Waals surface area contributed by atoms with Crippen molar-refractivity contribution >= 4 is 20.2 Å². The van der Waals surface area contributed by atoms with Gasteiger partial charge in [-0.25, -0.2) is 23.0 Å². The second-order valence-corrected chi connectivity index (χ2v) is 12.2. The number of benzene rings is 1. The summed E-state index contributed by atoms with van der Waals surface area (Å²) in [5.41, 5.74) is 2.39. The van der Waals surface area contributed by atoms with Crippen molar-refractivity contribution in [3.63, 3.8) is 0 Å². The average molecular weight is 446 g/mol. The van der Waals surface area contributed by atoms with Gasteiger partial charge in [0.05, 0.1) is 5.25 Å². The molecule has 4 N–H and O–H groups in total. The number of hydrogen-bond acceptors (Lipinski definition) is 4. The number of sulfonamides is 1. The molecule has 0 aliphatic heterocycles. The van der Waals surface area contributed by atoms with Crippen molar-refractivity contribution in [2.45, 2.75) is 64.0 Å². The molecule has 2 rings (SSSR count). The zero-order valence-corrected chi connectivity index (χ0v) is 19.2. The Labute approximate surface area is 176 Å². The minimum Gasteiger partial charge on any atom is -0.216 e. The predicted octanol–water partition coefficient (Wildman–Crippen LogP) is 2.26. The van der Waals surface area contributed by atoms with E-state index in [1.54, 1.807) is 13.8 Å². The highest BCUT2D eigenvalue weighted by atomic mass is 32.2. The minimum absolute atomic E-state index is 0.293. The van der Waals surface area contributed by atoms with E-state index in [9.17, 15) is 16.8 Å². The van der Waals surface area contributed by atoms with Crippen LogP contribution in [-0.4, -0.2) is 35.2 Å². The summed E-state index contributed by atoms with van der Waals surface area (Å²) in [7, 11) is -6.84. The fraction of sp³-hybridized carbons (Fsp3) is 0.700. The van der Waals surface area contributed by atoms with Gasteiger partial charge in [-0.1, -0.05) is 31.2 Å². The Kier molecular flexibility index (Phi) is 8.66. The Morgan fingerprint density at radius 3 is 2.07 bits per heavy atom. The smallest absolute Gasteiger partial charge is 0.216 e. The highest BCUT2D eigenvalue weighted by Gasteiger charge is 2.27. The summed E-state index contributed by atoms with van der Waals surface area (Å²) < 4.78 is 50.8. The Balaban J connectivity index is 1.80. The van der Waals surface area contributed by atoms with Crippen LogP contribution >= 0.6 is 0 Å². The topological polar surface area (TPSA) is 118 Å². The van der Waals surface area contributed by atoms with Crippen LogP contribution in [-0.2, 0) is 26.7 Å². The molecule has 0 heterocycles. The second-order valence-electron chi connectivity index (χ2n) is 8.46. The summed E-state index contributed by atoms with van der Waals surface area (Å²) in [6, 6.07) is 8.38. The lowest BCUT2D eigenvalue weighted by molar-refractivity contribution is 0.246. The Morgan fingerprint density at radius 2 is 1.55 bits per heavy atom. The molecule has 7 nitrogen and oxygen atoms in total. The first kappa shape index (κ1) is 24.3. The van der Waals surface area contributed by atoms with Gasteiger partial charge < -0.3 is 0 Å². The highest BCUT2D eigenvalue weighted by molar-refractivity contribution is 7.90. The molecule has 1 aromatic rings. The van der Waals surface area contributed by atoms with Crippen LogP contribution in [0.25, 0.3) is 0 Å². The molecular formula is C20H35N3O4S2. The lowest BCUT2D eigenvalue weighted by Gasteiger charge is -2.32. The molecule has 1 unspecified atom stereocenters. The molecule has 0 amide bonds. The normalized spacial score (nSPS) is 22.0. The van der Waals surface area contributed by atoms with E-state index in [4.69, 9.17) is 5.14 Å². The molecule has 1 aliphatic carbocycles. The molecule has 29 heavy (non-hydrogen) atoms. The Morgan fingerprint density at radius 1 is 0.966 bits per heavy atom. The SMILES string of the molecule is CC(CNS(=O)(=O)C(C)C)C1CCC(c2ccc(CCNS(N)(=O)=O)cc2)CC1. The molecule has 0 spiro atoms. The number of rotatable bonds is 10. The monoisotopic (exact) mass is 445 g/mol. The lowest BCUT2D eigenvalue weighted by Crippen LogP contribution is -2.36. The van der Waals surface area contributed by atoms with Gasteiger partial charge >= 0.3 is 0 Å². The number of nitrogens with one attached hydrogen (secondary N) is 2. The van der Waals surface area contributed by atoms with Crippen LogP contribution in [0, 0.1) is 11.8 Å². The molecular weight excluding hydrogens is 410 g/mol. The zero-order chi connectivity index (χ0) is 21.7. The van der Waals surface area contributed by atoms with Crippen molar-refractivity contribution in [1.29, 1.82) is 0 Å². The second kappa shape index (κ2) is 10.3. The Bertz CT molecular complexity index is 844. The maximum Gasteiger partial charge on any atom is 0.274 e. The van der Waals surface area contributed by atoms with Crippen LogP contribution in [0.1, 0.15) is 63.5 Å². The molecule has 1 saturated carbocycles. The van der Waals surface area contributed by atoms with Crippen molar-refractivity contribution in [1.82, 2.24) is 9.44 Å². The molecule has 0 saturated heterocycles. The van der Waals surface area contributed by atoms with Crippen LogP contribution in [0.3, 0.4) is 0 Å². The maximum absolute atomic E-state index is 11.9. The van der Waals surface area contributed by atoms with Crippen LogP contribution in [0.2, 0.25) is 0 Å². The van der Waals surface area contributed by atoms with Gasteiger partial charge in [-0.3, -0.25) is 0 Å². The first-order chi connectivity index (χ1) is 13.5. The molecule has 1 aromatic carbocycles. The molecule has 1 atom stereocenters. The van der Waals surface area contributed by atoms with Crippen molar-refractivity contribution < 1.29 is 16.8 Å². The van der Waals surface area contributed by atoms with Crippen molar-refractivity contribution in [2.75, 3.05) is 13.1 Å². The average Bonchev–Trinajstić information content (AvgIpc) is 2.66. The number of hydrogen-bond donors (Lipinski definition) is 3. The lowest BCUT2D eigenvalue weighted by atomic mass is 9.74. The van der Waals surface area contributed by atoms with Gasteiger partial charge in [0, 0.05) is 13.1 Å². The van der Waals surface area contributed by atoms with Gasteiger partial charge in [0.25, 0.3) is 10.2 Å². The van der Waals surface area contributed by atoms with Crippen LogP contribution < -0.4 is 14.6 Å². The van der Waals surface area contributed by atoms with Gasteiger partial charge in [-0.2, -0.15) is 8.42 Å². The van der Waals surface area contributed by atoms with Crippen LogP contribution in [0.5, 0.6) is 0 Å². The van der Waals surface area contributed by atoms with Gasteiger partial charge in [0.15, 0.2) is 0 Å². The first-order valence-corrected chi connectivity index (χ1v) is 13.4. The van der Waals surface area contributed by atoms with Gasteiger partial charge in [-0.05, 0) is 74.8 Å². The summed E-state index contributed by atoms with van der Waals surface area (Å²) in [6.45, 7) is 6.33. The third kappa shape index (κ3) is 7.97. The summed E-state index contributed by atoms with van der Waals surface area (Å²) in [4.78, 5) is 0. The maximum atomic E-state index is 11.9. The number of nitrogens with two attached hydrogens (primary N) is 1. The predicted molar refractivity (Wildman–Crippen MR) is 117 cm³/mol. The van der Waals surface area contributed by atoms with Gasteiger partial charge in [0.1, 0.15) is 0 Å². The van der Waals surface area contributed by atoms with E-state index < -0.39 is 25.5 Å². The third-order valence-corrected chi connectivity index (χ3v) is 8.39. The van der Waals surface area contributed by atoms with Crippen LogP contribution in [0.15, 0.2) is 24.3 Å². The van der Waals surface area contributed by atoms with E-state index in [1.807, 2.05) is 0 Å². The molecule has 9 heteroatoms. The summed E-state index contributed by atoms with van der Waals surface area (Å²) in [6.07, 6.45) is 5.04. The van der Waals surface area contributed by atoms with E-state index in [1.165, 1.54) is 5.56 Å². The standard InChI is InChI=1S/C20H35N3O4S2/c1-15(2)28(24,25)23-14-16(3)18-8-10-20(11-9-18)19-6-4-17(5-7-19)12-13-22-29(21,26)27/h4-7,15-16,18,20,22-23H,8-14H2,1-3H3,(H2,21,26,27). The zero-order valence-electron chi connectivity index (χ0n) is 17.6. The molecule has 1 aliphatic rings. The molecule has 0 aromatic heterocycles. The van der Waals surface area contributed by atoms with E-state index >= 15 is 0 Å². The van der Waals surface area contributed by atoms with E-state index in [2.05, 4.69) is 40.6 Å². The largest absolute Gasteiger partial charge is 0.274 e. The van der Waals surface area contributed by atoms with Gasteiger partial charge in [-0.15, -0.1) is 0 Å². The first-order valence-electron chi connectivity index (χ1n) is 10.3. The molecule has 166 valence electrons. The fourth-order valence-corrected chi connectivity index (χ4v) is 5.11. The minimum atomic E-state index is -3.64. The molecule has 0 radical (unpaired) electrons. The quantitative estimate of drug-likeness (QED) is 0.512. The summed E-state index contributed by atoms with van der Waals surface area (Å²) in [5.74, 6) is 1.41. The summed E-state index contributed by atoms with van der Waals surface area (Å²) >= 11 is 0. The molecule has 1 fully saturated rings. The van der Waals surface area contributed by atoms with Crippen molar-refractivity contribution in [3.05, 3.63) is 35.4 Å². The van der Waals surface area contributed by atoms with E-state index in [-0.39, 0.29) is 0 Å². The Hall–Kier alpha value is -1.00. The van der Waals surface area contributed by atoms with Crippen LogP contribution in [0.4, 0.5) is 0 Å². The van der Waals surface area contributed by atoms with E-state index in [0.717, 1.165) is 31.2 Å². The van der Waals surface area contributed by atoms with Crippen molar-refractivity contribution in [2.24, 2.45) is 17.0 Å². The highest BCUT2D eigenvalue weighted by Crippen LogP contribution is 2.38. The van der Waals surface area contributed by atoms with E-state index in [0.29, 0.717) is 37.3 Å². The van der Waals surface area contributed by atoms with Crippen molar-refractivity contribution in [3.8, 4) is 0 Å². The summed E-state index contributed by atoms with van der Waals surface area (Å²) in [5, 5.41) is 4.54. The fourth-order valence-electron chi connectivity index (χ4n) is 3.90. The molecule has 0 bridgehead atoms. The van der Waals surface area contributed by atoms with Gasteiger partial charge in [0.2, 0.25) is 10.0 Å². The third-order valence-electron chi connectivity index (χ3n) is 5.97.